The summed E-state index contributed by atoms with van der Waals surface area (Å²) in [7, 11) is 0. The summed E-state index contributed by atoms with van der Waals surface area (Å²) >= 11 is 1.78. The number of rotatable bonds is 5. The molecular weight excluding hydrogens is 350 g/mol. The van der Waals surface area contributed by atoms with Gasteiger partial charge in [-0.15, -0.1) is 11.3 Å². The van der Waals surface area contributed by atoms with Gasteiger partial charge in [0.05, 0.1) is 31.7 Å². The van der Waals surface area contributed by atoms with Gasteiger partial charge in [0.25, 0.3) is 0 Å². The molecule has 0 saturated carbocycles. The van der Waals surface area contributed by atoms with E-state index >= 15 is 0 Å². The molecule has 2 aromatic rings. The molecule has 140 valence electrons. The fourth-order valence-electron chi connectivity index (χ4n) is 3.72. The average molecular weight is 375 g/mol. The molecule has 26 heavy (non-hydrogen) atoms. The molecule has 0 radical (unpaired) electrons. The van der Waals surface area contributed by atoms with Crippen LogP contribution in [-0.2, 0) is 28.9 Å². The molecule has 8 heteroatoms. The molecule has 1 fully saturated rings. The third-order valence-electron chi connectivity index (χ3n) is 5.10. The highest BCUT2D eigenvalue weighted by atomic mass is 32.1. The molecule has 4 rings (SSSR count). The lowest BCUT2D eigenvalue weighted by Gasteiger charge is -2.25. The molecule has 1 atom stereocenters. The first-order valence-electron chi connectivity index (χ1n) is 9.23. The van der Waals surface area contributed by atoms with Crippen molar-refractivity contribution in [2.75, 3.05) is 38.2 Å². The van der Waals surface area contributed by atoms with Crippen molar-refractivity contribution in [1.29, 1.82) is 0 Å². The smallest absolute Gasteiger partial charge is 0.236 e. The van der Waals surface area contributed by atoms with E-state index in [9.17, 15) is 4.79 Å². The van der Waals surface area contributed by atoms with E-state index < -0.39 is 0 Å². The van der Waals surface area contributed by atoms with Crippen LogP contribution in [0.4, 0.5) is 5.82 Å². The van der Waals surface area contributed by atoms with Crippen LogP contribution in [0.25, 0.3) is 10.2 Å². The van der Waals surface area contributed by atoms with Crippen LogP contribution in [-0.4, -0.2) is 53.6 Å². The Morgan fingerprint density at radius 1 is 1.38 bits per heavy atom. The molecule has 0 unspecified atom stereocenters. The highest BCUT2D eigenvalue weighted by molar-refractivity contribution is 7.19. The molecule has 0 bridgehead atoms. The number of primary amides is 1. The zero-order valence-electron chi connectivity index (χ0n) is 15.1. The van der Waals surface area contributed by atoms with Crippen molar-refractivity contribution in [3.63, 3.8) is 0 Å². The number of carbonyl (C=O) groups excluding carboxylic acids is 1. The van der Waals surface area contributed by atoms with Gasteiger partial charge in [0.2, 0.25) is 5.91 Å². The molecular formula is C18H25N5O2S. The maximum atomic E-state index is 11.3. The van der Waals surface area contributed by atoms with Crippen LogP contribution < -0.4 is 11.1 Å². The lowest BCUT2D eigenvalue weighted by atomic mass is 9.89. The van der Waals surface area contributed by atoms with Crippen molar-refractivity contribution in [3.8, 4) is 0 Å². The normalized spacial score (nSPS) is 20.9. The van der Waals surface area contributed by atoms with E-state index in [2.05, 4.69) is 17.1 Å². The Bertz CT molecular complexity index is 816. The number of carbonyl (C=O) groups is 1. The number of ether oxygens (including phenoxy) is 1. The summed E-state index contributed by atoms with van der Waals surface area (Å²) in [6, 6.07) is 0. The summed E-state index contributed by atoms with van der Waals surface area (Å²) in [6.07, 6.45) is 3.34. The van der Waals surface area contributed by atoms with Crippen molar-refractivity contribution in [3.05, 3.63) is 16.3 Å². The second-order valence-electron chi connectivity index (χ2n) is 7.23. The summed E-state index contributed by atoms with van der Waals surface area (Å²) in [6.45, 7) is 6.37. The number of hydrogen-bond donors (Lipinski definition) is 2. The van der Waals surface area contributed by atoms with Crippen LogP contribution in [0, 0.1) is 5.92 Å². The van der Waals surface area contributed by atoms with Crippen molar-refractivity contribution in [2.24, 2.45) is 11.7 Å². The fourth-order valence-corrected chi connectivity index (χ4v) is 5.12. The lowest BCUT2D eigenvalue weighted by molar-refractivity contribution is -0.116. The first-order valence-corrected chi connectivity index (χ1v) is 10.0. The van der Waals surface area contributed by atoms with E-state index in [0.29, 0.717) is 12.5 Å². The van der Waals surface area contributed by atoms with E-state index in [-0.39, 0.29) is 12.5 Å². The number of nitrogens with two attached hydrogens (primary N) is 1. The predicted molar refractivity (Wildman–Crippen MR) is 102 cm³/mol. The number of aromatic nitrogens is 2. The van der Waals surface area contributed by atoms with Gasteiger partial charge in [0.15, 0.2) is 0 Å². The largest absolute Gasteiger partial charge is 0.379 e. The van der Waals surface area contributed by atoms with Crippen LogP contribution in [0.5, 0.6) is 0 Å². The second kappa shape index (κ2) is 7.46. The number of fused-ring (bicyclic) bond motifs is 3. The zero-order valence-corrected chi connectivity index (χ0v) is 15.9. The first kappa shape index (κ1) is 17.6. The molecule has 2 aliphatic rings. The van der Waals surface area contributed by atoms with Gasteiger partial charge in [-0.25, -0.2) is 9.97 Å². The second-order valence-corrected chi connectivity index (χ2v) is 8.31. The van der Waals surface area contributed by atoms with Crippen LogP contribution in [0.1, 0.15) is 29.6 Å². The van der Waals surface area contributed by atoms with E-state index in [1.807, 2.05) is 0 Å². The maximum absolute atomic E-state index is 11.3. The molecule has 1 aliphatic carbocycles. The molecule has 3 heterocycles. The van der Waals surface area contributed by atoms with Gasteiger partial charge >= 0.3 is 0 Å². The van der Waals surface area contributed by atoms with Gasteiger partial charge in [-0.2, -0.15) is 0 Å². The molecule has 7 nitrogen and oxygen atoms in total. The number of hydrogen-bond acceptors (Lipinski definition) is 7. The standard InChI is InChI=1S/C18H25N5O2S/c1-11-2-3-12-13(8-11)26-18-16(12)17(20-9-14(19)24)21-15(22-18)10-23-4-6-25-7-5-23/h11H,2-10H2,1H3,(H2,19,24)(H,20,21,22)/t11-/m0/s1. The Morgan fingerprint density at radius 2 is 2.19 bits per heavy atom. The van der Waals surface area contributed by atoms with Crippen LogP contribution in [0.2, 0.25) is 0 Å². The van der Waals surface area contributed by atoms with Crippen molar-refractivity contribution >= 4 is 33.3 Å². The Kier molecular flexibility index (Phi) is 5.06. The van der Waals surface area contributed by atoms with Gasteiger partial charge in [-0.1, -0.05) is 6.92 Å². The van der Waals surface area contributed by atoms with Crippen molar-refractivity contribution in [2.45, 2.75) is 32.7 Å². The van der Waals surface area contributed by atoms with E-state index in [1.165, 1.54) is 16.9 Å². The monoisotopic (exact) mass is 375 g/mol. The van der Waals surface area contributed by atoms with Gasteiger partial charge in [0, 0.05) is 18.0 Å². The highest BCUT2D eigenvalue weighted by Gasteiger charge is 2.24. The van der Waals surface area contributed by atoms with Crippen LogP contribution in [0.3, 0.4) is 0 Å². The number of amides is 1. The number of aryl methyl sites for hydroxylation is 1. The molecule has 1 amide bonds. The van der Waals surface area contributed by atoms with Gasteiger partial charge in [-0.3, -0.25) is 9.69 Å². The van der Waals surface area contributed by atoms with Crippen molar-refractivity contribution in [1.82, 2.24) is 14.9 Å². The molecule has 1 saturated heterocycles. The van der Waals surface area contributed by atoms with Crippen LogP contribution >= 0.6 is 11.3 Å². The topological polar surface area (TPSA) is 93.4 Å². The number of anilines is 1. The summed E-state index contributed by atoms with van der Waals surface area (Å²) in [5.74, 6) is 1.87. The summed E-state index contributed by atoms with van der Waals surface area (Å²) in [5, 5.41) is 4.24. The minimum absolute atomic E-state index is 0.0874. The quantitative estimate of drug-likeness (QED) is 0.823. The summed E-state index contributed by atoms with van der Waals surface area (Å²) < 4.78 is 5.42. The van der Waals surface area contributed by atoms with Gasteiger partial charge < -0.3 is 15.8 Å². The van der Waals surface area contributed by atoms with Gasteiger partial charge in [0.1, 0.15) is 16.5 Å². The number of thiophene rings is 1. The number of morpholine rings is 1. The third kappa shape index (κ3) is 3.67. The fraction of sp³-hybridized carbons (Fsp3) is 0.611. The Balaban J connectivity index is 1.70. The molecule has 3 N–H and O–H groups in total. The summed E-state index contributed by atoms with van der Waals surface area (Å²) in [4.78, 5) is 25.6. The SMILES string of the molecule is C[C@H]1CCc2c(sc3nc(CN4CCOCC4)nc(NCC(N)=O)c23)C1. The number of nitrogens with one attached hydrogen (secondary N) is 1. The molecule has 0 aromatic carbocycles. The minimum Gasteiger partial charge on any atom is -0.379 e. The predicted octanol–water partition coefficient (Wildman–Crippen LogP) is 1.55. The third-order valence-corrected chi connectivity index (χ3v) is 6.25. The maximum Gasteiger partial charge on any atom is 0.236 e. The Labute approximate surface area is 156 Å². The molecule has 2 aromatic heterocycles. The molecule has 1 aliphatic heterocycles. The zero-order chi connectivity index (χ0) is 18.1. The number of nitrogens with zero attached hydrogens (tertiary/aromatic N) is 3. The minimum atomic E-state index is -0.385. The first-order chi connectivity index (χ1) is 12.6. The van der Waals surface area contributed by atoms with Gasteiger partial charge in [-0.05, 0) is 30.7 Å². The van der Waals surface area contributed by atoms with E-state index in [1.54, 1.807) is 11.3 Å². The molecule has 0 spiro atoms. The van der Waals surface area contributed by atoms with Crippen LogP contribution in [0.15, 0.2) is 0 Å². The van der Waals surface area contributed by atoms with Crippen molar-refractivity contribution < 1.29 is 9.53 Å². The summed E-state index contributed by atoms with van der Waals surface area (Å²) in [5.41, 5.74) is 6.69. The average Bonchev–Trinajstić information content (AvgIpc) is 2.97. The van der Waals surface area contributed by atoms with E-state index in [0.717, 1.165) is 61.0 Å². The Hall–Kier alpha value is -1.77. The Morgan fingerprint density at radius 3 is 2.96 bits per heavy atom. The highest BCUT2D eigenvalue weighted by Crippen LogP contribution is 2.40. The van der Waals surface area contributed by atoms with E-state index in [4.69, 9.17) is 20.4 Å². The lowest BCUT2D eigenvalue weighted by Crippen LogP contribution is -2.36.